The van der Waals surface area contributed by atoms with Gasteiger partial charge in [-0.15, -0.1) is 0 Å². The number of nitrogens with zero attached hydrogens (tertiary/aromatic N) is 1. The predicted molar refractivity (Wildman–Crippen MR) is 273 cm³/mol. The first-order valence-corrected chi connectivity index (χ1v) is 22.3. The third-order valence-electron chi connectivity index (χ3n) is 13.6. The molecule has 0 radical (unpaired) electrons. The van der Waals surface area contributed by atoms with Gasteiger partial charge in [0.2, 0.25) is 0 Å². The van der Waals surface area contributed by atoms with Crippen LogP contribution in [0.15, 0.2) is 237 Å². The number of hydrogen-bond acceptors (Lipinski definition) is 1. The molecule has 0 atom stereocenters. The first-order valence-electron chi connectivity index (χ1n) is 22.3. The molecule has 0 spiro atoms. The maximum absolute atomic E-state index is 2.51. The summed E-state index contributed by atoms with van der Waals surface area (Å²) in [5, 5.41) is 7.46. The monoisotopic (exact) mass is 815 g/mol. The molecule has 0 saturated carbocycles. The lowest BCUT2D eigenvalue weighted by atomic mass is 9.79. The van der Waals surface area contributed by atoms with Gasteiger partial charge in [0, 0.05) is 22.2 Å². The lowest BCUT2D eigenvalue weighted by molar-refractivity contribution is 0.662. The summed E-state index contributed by atoms with van der Waals surface area (Å²) in [6, 6.07) is 87.3. The number of para-hydroxylation sites is 2. The van der Waals surface area contributed by atoms with Gasteiger partial charge < -0.3 is 4.90 Å². The Morgan fingerprint density at radius 3 is 1.66 bits per heavy atom. The van der Waals surface area contributed by atoms with Gasteiger partial charge in [0.25, 0.3) is 0 Å². The van der Waals surface area contributed by atoms with E-state index in [0.717, 1.165) is 22.6 Å². The Balaban J connectivity index is 1.12. The second-order valence-corrected chi connectivity index (χ2v) is 17.6. The van der Waals surface area contributed by atoms with Crippen LogP contribution < -0.4 is 4.90 Å². The van der Waals surface area contributed by atoms with Crippen molar-refractivity contribution in [3.05, 3.63) is 248 Å². The molecule has 11 aromatic carbocycles. The predicted octanol–water partition coefficient (Wildman–Crippen LogP) is 17.6. The minimum atomic E-state index is -0.152. The highest BCUT2D eigenvalue weighted by Crippen LogP contribution is 2.53. The van der Waals surface area contributed by atoms with E-state index in [9.17, 15) is 0 Å². The maximum atomic E-state index is 2.51. The molecular weight excluding hydrogens is 771 g/mol. The maximum Gasteiger partial charge on any atom is 0.0540 e. The lowest BCUT2D eigenvalue weighted by Gasteiger charge is -2.31. The number of fused-ring (bicyclic) bond motifs is 7. The van der Waals surface area contributed by atoms with Gasteiger partial charge in [-0.05, 0) is 112 Å². The van der Waals surface area contributed by atoms with Crippen molar-refractivity contribution in [1.82, 2.24) is 0 Å². The van der Waals surface area contributed by atoms with Gasteiger partial charge in [0.05, 0.1) is 11.4 Å². The highest BCUT2D eigenvalue weighted by molar-refractivity contribution is 6.14. The zero-order valence-corrected chi connectivity index (χ0v) is 36.0. The third-order valence-corrected chi connectivity index (χ3v) is 13.6. The first kappa shape index (κ1) is 37.7. The van der Waals surface area contributed by atoms with Crippen molar-refractivity contribution >= 4 is 49.4 Å². The van der Waals surface area contributed by atoms with Crippen LogP contribution in [0, 0.1) is 0 Å². The zero-order valence-electron chi connectivity index (χ0n) is 36.0. The van der Waals surface area contributed by atoms with Crippen molar-refractivity contribution in [2.24, 2.45) is 0 Å². The first-order chi connectivity index (χ1) is 31.5. The summed E-state index contributed by atoms with van der Waals surface area (Å²) >= 11 is 0. The fourth-order valence-corrected chi connectivity index (χ4v) is 10.8. The van der Waals surface area contributed by atoms with Gasteiger partial charge in [0.15, 0.2) is 0 Å². The summed E-state index contributed by atoms with van der Waals surface area (Å²) in [5.41, 5.74) is 18.2. The zero-order chi connectivity index (χ0) is 42.8. The minimum absolute atomic E-state index is 0.152. The molecule has 302 valence electrons. The fraction of sp³-hybridized carbons (Fsp3) is 0.0476. The van der Waals surface area contributed by atoms with E-state index < -0.39 is 0 Å². The normalized spacial score (nSPS) is 12.7. The summed E-state index contributed by atoms with van der Waals surface area (Å²) in [5.74, 6) is 0. The average Bonchev–Trinajstić information content (AvgIpc) is 3.60. The second-order valence-electron chi connectivity index (χ2n) is 17.6. The van der Waals surface area contributed by atoms with Crippen molar-refractivity contribution in [1.29, 1.82) is 0 Å². The van der Waals surface area contributed by atoms with Crippen LogP contribution in [0.4, 0.5) is 17.1 Å². The second kappa shape index (κ2) is 15.1. The molecule has 0 saturated heterocycles. The van der Waals surface area contributed by atoms with Crippen LogP contribution in [0.1, 0.15) is 25.0 Å². The van der Waals surface area contributed by atoms with Crippen molar-refractivity contribution < 1.29 is 0 Å². The Morgan fingerprint density at radius 1 is 0.312 bits per heavy atom. The minimum Gasteiger partial charge on any atom is -0.309 e. The van der Waals surface area contributed by atoms with E-state index >= 15 is 0 Å². The van der Waals surface area contributed by atoms with Crippen LogP contribution in [-0.2, 0) is 5.41 Å². The Hall–Kier alpha value is -8.00. The number of anilines is 3. The summed E-state index contributed by atoms with van der Waals surface area (Å²) in [4.78, 5) is 2.51. The van der Waals surface area contributed by atoms with Gasteiger partial charge in [-0.25, -0.2) is 0 Å². The molecular formula is C63H45N. The number of hydrogen-bond donors (Lipinski definition) is 0. The topological polar surface area (TPSA) is 3.24 Å². The number of rotatable bonds is 7. The van der Waals surface area contributed by atoms with E-state index in [0.29, 0.717) is 0 Å². The lowest BCUT2D eigenvalue weighted by Crippen LogP contribution is -2.16. The standard InChI is InChI=1S/C63H45N/c1-63(2)58-36-11-8-27-53(58)57-35-17-31-49(62(57)63)45-24-14-25-46(41-45)64(59-37-12-9-28-54(59)51-33-18-32-50-47-26-7-6-21-43(47)39-40-52(50)51)60-38-13-10-29-55(60)56-34-16-23-44-22-15-30-48(61(44)56)42-19-4-3-5-20-42/h3-41H,1-2H3. The van der Waals surface area contributed by atoms with E-state index in [1.165, 1.54) is 93.5 Å². The third kappa shape index (κ3) is 6.00. The van der Waals surface area contributed by atoms with Gasteiger partial charge in [0.1, 0.15) is 0 Å². The van der Waals surface area contributed by atoms with Gasteiger partial charge in [-0.2, -0.15) is 0 Å². The molecule has 0 heterocycles. The van der Waals surface area contributed by atoms with Crippen LogP contribution in [-0.4, -0.2) is 0 Å². The smallest absolute Gasteiger partial charge is 0.0540 e. The van der Waals surface area contributed by atoms with E-state index in [-0.39, 0.29) is 5.41 Å². The Bertz CT molecular complexity index is 3590. The number of benzene rings is 11. The molecule has 1 nitrogen and oxygen atoms in total. The summed E-state index contributed by atoms with van der Waals surface area (Å²) in [6.07, 6.45) is 0. The quantitative estimate of drug-likeness (QED) is 0.145. The Morgan fingerprint density at radius 2 is 0.844 bits per heavy atom. The molecule has 0 aliphatic heterocycles. The van der Waals surface area contributed by atoms with Crippen LogP contribution >= 0.6 is 0 Å². The van der Waals surface area contributed by atoms with Gasteiger partial charge in [-0.3, -0.25) is 0 Å². The van der Waals surface area contributed by atoms with Gasteiger partial charge in [-0.1, -0.05) is 226 Å². The van der Waals surface area contributed by atoms with Crippen LogP contribution in [0.5, 0.6) is 0 Å². The van der Waals surface area contributed by atoms with E-state index in [1.54, 1.807) is 0 Å². The molecule has 11 aromatic rings. The molecule has 1 aliphatic rings. The Labute approximate surface area is 375 Å². The molecule has 0 N–H and O–H groups in total. The van der Waals surface area contributed by atoms with E-state index in [1.807, 2.05) is 0 Å². The highest BCUT2D eigenvalue weighted by atomic mass is 15.1. The Kier molecular flexibility index (Phi) is 8.91. The molecule has 64 heavy (non-hydrogen) atoms. The molecule has 1 aliphatic carbocycles. The summed E-state index contributed by atoms with van der Waals surface area (Å²) in [6.45, 7) is 4.76. The largest absolute Gasteiger partial charge is 0.309 e. The molecule has 0 fully saturated rings. The highest BCUT2D eigenvalue weighted by Gasteiger charge is 2.37. The molecule has 0 aromatic heterocycles. The summed E-state index contributed by atoms with van der Waals surface area (Å²) in [7, 11) is 0. The van der Waals surface area contributed by atoms with Crippen molar-refractivity contribution in [2.45, 2.75) is 19.3 Å². The van der Waals surface area contributed by atoms with Crippen LogP contribution in [0.3, 0.4) is 0 Å². The molecule has 0 amide bonds. The van der Waals surface area contributed by atoms with Crippen molar-refractivity contribution in [3.63, 3.8) is 0 Å². The molecule has 12 rings (SSSR count). The van der Waals surface area contributed by atoms with Crippen LogP contribution in [0.25, 0.3) is 88.0 Å². The SMILES string of the molecule is CC1(C)c2ccccc2-c2cccc(-c3cccc(N(c4ccccc4-c4cccc5c4ccc4ccccc45)c4ccccc4-c4cccc5cccc(-c6ccccc6)c45)c3)c21. The molecule has 0 unspecified atom stereocenters. The average molecular weight is 816 g/mol. The fourth-order valence-electron chi connectivity index (χ4n) is 10.8. The van der Waals surface area contributed by atoms with Gasteiger partial charge >= 0.3 is 0 Å². The summed E-state index contributed by atoms with van der Waals surface area (Å²) < 4.78 is 0. The van der Waals surface area contributed by atoms with Crippen LogP contribution in [0.2, 0.25) is 0 Å². The molecule has 0 bridgehead atoms. The van der Waals surface area contributed by atoms with Crippen molar-refractivity contribution in [3.8, 4) is 55.6 Å². The van der Waals surface area contributed by atoms with Crippen molar-refractivity contribution in [2.75, 3.05) is 4.90 Å². The van der Waals surface area contributed by atoms with E-state index in [4.69, 9.17) is 0 Å². The van der Waals surface area contributed by atoms with E-state index in [2.05, 4.69) is 255 Å². The molecule has 1 heteroatoms.